The fourth-order valence-electron chi connectivity index (χ4n) is 2.59. The van der Waals surface area contributed by atoms with Gasteiger partial charge in [0.1, 0.15) is 5.75 Å². The molecule has 3 N–H and O–H groups in total. The molecule has 0 saturated carbocycles. The number of aromatic nitrogens is 3. The number of ether oxygens (including phenoxy) is 1. The Balaban J connectivity index is 1.53. The summed E-state index contributed by atoms with van der Waals surface area (Å²) in [6, 6.07) is 5.81. The van der Waals surface area contributed by atoms with Crippen LogP contribution < -0.4 is 10.1 Å². The Kier molecular flexibility index (Phi) is 4.61. The summed E-state index contributed by atoms with van der Waals surface area (Å²) in [6.45, 7) is 0.656. The Morgan fingerprint density at radius 2 is 2.26 bits per heavy atom. The van der Waals surface area contributed by atoms with Crippen LogP contribution in [0.5, 0.6) is 5.75 Å². The number of imidazole rings is 1. The number of aryl methyl sites for hydroxylation is 1. The zero-order valence-corrected chi connectivity index (χ0v) is 13.1. The second-order valence-corrected chi connectivity index (χ2v) is 5.43. The van der Waals surface area contributed by atoms with Crippen LogP contribution >= 0.6 is 0 Å². The van der Waals surface area contributed by atoms with Crippen molar-refractivity contribution >= 4 is 16.8 Å². The molecule has 2 aromatic heterocycles. The number of rotatable bonds is 7. The average Bonchev–Trinajstić information content (AvgIpc) is 3.21. The topological polar surface area (TPSA) is 82.8 Å². The molecule has 120 valence electrons. The van der Waals surface area contributed by atoms with Gasteiger partial charge >= 0.3 is 0 Å². The fourth-order valence-corrected chi connectivity index (χ4v) is 2.59. The first-order chi connectivity index (χ1) is 11.3. The Morgan fingerprint density at radius 3 is 3.04 bits per heavy atom. The van der Waals surface area contributed by atoms with Crippen molar-refractivity contribution in [3.05, 3.63) is 48.2 Å². The molecule has 6 nitrogen and oxygen atoms in total. The number of carbonyl (C=O) groups excluding carboxylic acids is 1. The van der Waals surface area contributed by atoms with Crippen LogP contribution in [0.15, 0.2) is 36.9 Å². The number of benzene rings is 1. The molecule has 0 bridgehead atoms. The van der Waals surface area contributed by atoms with Crippen molar-refractivity contribution in [3.63, 3.8) is 0 Å². The molecule has 0 unspecified atom stereocenters. The molecule has 1 aromatic carbocycles. The predicted octanol–water partition coefficient (Wildman–Crippen LogP) is 2.19. The SMILES string of the molecule is COc1ccc2[nH]cc(CC(=O)NCCCc3cnc[nH]3)c2c1. The van der Waals surface area contributed by atoms with Gasteiger partial charge < -0.3 is 20.0 Å². The highest BCUT2D eigenvalue weighted by Gasteiger charge is 2.09. The number of carbonyl (C=O) groups is 1. The predicted molar refractivity (Wildman–Crippen MR) is 88.5 cm³/mol. The van der Waals surface area contributed by atoms with E-state index in [1.807, 2.05) is 24.4 Å². The van der Waals surface area contributed by atoms with Crippen molar-refractivity contribution in [3.8, 4) is 5.75 Å². The van der Waals surface area contributed by atoms with Gasteiger partial charge in [0.2, 0.25) is 5.91 Å². The Morgan fingerprint density at radius 1 is 1.35 bits per heavy atom. The summed E-state index contributed by atoms with van der Waals surface area (Å²) in [4.78, 5) is 22.3. The van der Waals surface area contributed by atoms with E-state index in [1.165, 1.54) is 0 Å². The van der Waals surface area contributed by atoms with Crippen LogP contribution in [0.25, 0.3) is 10.9 Å². The second-order valence-electron chi connectivity index (χ2n) is 5.43. The van der Waals surface area contributed by atoms with Crippen LogP contribution in [0.4, 0.5) is 0 Å². The monoisotopic (exact) mass is 312 g/mol. The van der Waals surface area contributed by atoms with Gasteiger partial charge in [-0.3, -0.25) is 4.79 Å². The lowest BCUT2D eigenvalue weighted by Crippen LogP contribution is -2.26. The molecule has 0 aliphatic carbocycles. The van der Waals surface area contributed by atoms with E-state index in [1.54, 1.807) is 19.6 Å². The standard InChI is InChI=1S/C17H20N4O2/c1-23-14-4-5-16-15(8-14)12(9-20-16)7-17(22)19-6-2-3-13-10-18-11-21-13/h4-5,8-11,20H,2-3,6-7H2,1H3,(H,18,21)(H,19,22). The number of methoxy groups -OCH3 is 1. The highest BCUT2D eigenvalue weighted by atomic mass is 16.5. The summed E-state index contributed by atoms with van der Waals surface area (Å²) in [5.74, 6) is 0.816. The van der Waals surface area contributed by atoms with Crippen molar-refractivity contribution in [2.75, 3.05) is 13.7 Å². The zero-order chi connectivity index (χ0) is 16.1. The van der Waals surface area contributed by atoms with Crippen LogP contribution in [-0.4, -0.2) is 34.5 Å². The number of fused-ring (bicyclic) bond motifs is 1. The molecule has 1 amide bonds. The zero-order valence-electron chi connectivity index (χ0n) is 13.1. The molecule has 3 rings (SSSR count). The number of nitrogens with one attached hydrogen (secondary N) is 3. The van der Waals surface area contributed by atoms with Crippen molar-refractivity contribution < 1.29 is 9.53 Å². The van der Waals surface area contributed by atoms with Crippen molar-refractivity contribution in [2.45, 2.75) is 19.3 Å². The first-order valence-corrected chi connectivity index (χ1v) is 7.64. The van der Waals surface area contributed by atoms with Gasteiger partial charge in [-0.15, -0.1) is 0 Å². The van der Waals surface area contributed by atoms with E-state index in [0.29, 0.717) is 13.0 Å². The summed E-state index contributed by atoms with van der Waals surface area (Å²) in [6.07, 6.45) is 7.48. The first-order valence-electron chi connectivity index (χ1n) is 7.64. The number of hydrogen-bond donors (Lipinski definition) is 3. The lowest BCUT2D eigenvalue weighted by Gasteiger charge is -2.05. The molecule has 0 saturated heterocycles. The first kappa shape index (κ1) is 15.1. The summed E-state index contributed by atoms with van der Waals surface area (Å²) in [5, 5.41) is 3.98. The molecule has 0 radical (unpaired) electrons. The third-order valence-corrected chi connectivity index (χ3v) is 3.83. The third kappa shape index (κ3) is 3.71. The van der Waals surface area contributed by atoms with E-state index in [4.69, 9.17) is 4.74 Å². The van der Waals surface area contributed by atoms with Gasteiger partial charge in [-0.25, -0.2) is 4.98 Å². The number of aromatic amines is 2. The van der Waals surface area contributed by atoms with Gasteiger partial charge in [-0.05, 0) is 36.6 Å². The quantitative estimate of drug-likeness (QED) is 0.585. The van der Waals surface area contributed by atoms with Gasteiger partial charge in [0.15, 0.2) is 0 Å². The van der Waals surface area contributed by atoms with Crippen molar-refractivity contribution in [1.29, 1.82) is 0 Å². The summed E-state index contributed by atoms with van der Waals surface area (Å²) in [7, 11) is 1.64. The van der Waals surface area contributed by atoms with Crippen LogP contribution in [0.2, 0.25) is 0 Å². The smallest absolute Gasteiger partial charge is 0.224 e. The average molecular weight is 312 g/mol. The van der Waals surface area contributed by atoms with Crippen LogP contribution in [-0.2, 0) is 17.6 Å². The van der Waals surface area contributed by atoms with E-state index in [9.17, 15) is 4.79 Å². The summed E-state index contributed by atoms with van der Waals surface area (Å²) < 4.78 is 5.24. The number of hydrogen-bond acceptors (Lipinski definition) is 3. The number of amides is 1. The molecule has 0 aliphatic rings. The maximum absolute atomic E-state index is 12.1. The summed E-state index contributed by atoms with van der Waals surface area (Å²) in [5.41, 5.74) is 3.07. The molecule has 23 heavy (non-hydrogen) atoms. The highest BCUT2D eigenvalue weighted by molar-refractivity contribution is 5.89. The van der Waals surface area contributed by atoms with Crippen LogP contribution in [0.3, 0.4) is 0 Å². The highest BCUT2D eigenvalue weighted by Crippen LogP contribution is 2.23. The van der Waals surface area contributed by atoms with Gasteiger partial charge in [-0.2, -0.15) is 0 Å². The molecular formula is C17H20N4O2. The lowest BCUT2D eigenvalue weighted by molar-refractivity contribution is -0.120. The van der Waals surface area contributed by atoms with Crippen LogP contribution in [0, 0.1) is 0 Å². The molecular weight excluding hydrogens is 292 g/mol. The minimum Gasteiger partial charge on any atom is -0.497 e. The van der Waals surface area contributed by atoms with Gasteiger partial charge in [0.25, 0.3) is 0 Å². The van der Waals surface area contributed by atoms with E-state index in [2.05, 4.69) is 20.3 Å². The minimum absolute atomic E-state index is 0.0262. The maximum Gasteiger partial charge on any atom is 0.224 e. The molecule has 0 aliphatic heterocycles. The third-order valence-electron chi connectivity index (χ3n) is 3.83. The number of H-pyrrole nitrogens is 2. The molecule has 3 aromatic rings. The van der Waals surface area contributed by atoms with Crippen molar-refractivity contribution in [2.24, 2.45) is 0 Å². The molecule has 6 heteroatoms. The van der Waals surface area contributed by atoms with E-state index in [-0.39, 0.29) is 5.91 Å². The van der Waals surface area contributed by atoms with Gasteiger partial charge in [0.05, 0.1) is 19.9 Å². The largest absolute Gasteiger partial charge is 0.497 e. The molecule has 2 heterocycles. The molecule has 0 fully saturated rings. The van der Waals surface area contributed by atoms with E-state index >= 15 is 0 Å². The normalized spacial score (nSPS) is 10.8. The fraction of sp³-hybridized carbons (Fsp3) is 0.294. The van der Waals surface area contributed by atoms with E-state index < -0.39 is 0 Å². The van der Waals surface area contributed by atoms with Crippen molar-refractivity contribution in [1.82, 2.24) is 20.3 Å². The molecule has 0 spiro atoms. The Hall–Kier alpha value is -2.76. The molecule has 0 atom stereocenters. The Bertz CT molecular complexity index is 777. The summed E-state index contributed by atoms with van der Waals surface area (Å²) >= 11 is 0. The van der Waals surface area contributed by atoms with E-state index in [0.717, 1.165) is 40.8 Å². The van der Waals surface area contributed by atoms with Crippen LogP contribution in [0.1, 0.15) is 17.7 Å². The lowest BCUT2D eigenvalue weighted by atomic mass is 10.1. The van der Waals surface area contributed by atoms with Gasteiger partial charge in [0, 0.05) is 35.5 Å². The van der Waals surface area contributed by atoms with Gasteiger partial charge in [-0.1, -0.05) is 0 Å². The minimum atomic E-state index is 0.0262. The number of nitrogens with zero attached hydrogens (tertiary/aromatic N) is 1. The Labute approximate surface area is 134 Å². The maximum atomic E-state index is 12.1. The second kappa shape index (κ2) is 7.00.